The number of hydrogen-bond donors (Lipinski definition) is 2. The zero-order chi connectivity index (χ0) is 20.1. The molecule has 0 unspecified atom stereocenters. The predicted molar refractivity (Wildman–Crippen MR) is 96.6 cm³/mol. The summed E-state index contributed by atoms with van der Waals surface area (Å²) in [6, 6.07) is 7.45. The van der Waals surface area contributed by atoms with Crippen molar-refractivity contribution >= 4 is 54.6 Å². The van der Waals surface area contributed by atoms with Gasteiger partial charge in [-0.15, -0.1) is 0 Å². The maximum absolute atomic E-state index is 11.2. The fraction of sp³-hybridized carbons (Fsp3) is 0. The van der Waals surface area contributed by atoms with Gasteiger partial charge in [0.2, 0.25) is 11.8 Å². The summed E-state index contributed by atoms with van der Waals surface area (Å²) in [6.45, 7) is 0. The van der Waals surface area contributed by atoms with Crippen LogP contribution < -0.4 is 0 Å². The SMILES string of the molecule is O=S(=O)(O)c1ccc2nc(/C=C/c3nc4ccc(S(=O)(=O)O)cc4o3)oc2c1. The van der Waals surface area contributed by atoms with Crippen LogP contribution in [0.15, 0.2) is 55.0 Å². The van der Waals surface area contributed by atoms with Gasteiger partial charge >= 0.3 is 0 Å². The minimum atomic E-state index is -4.36. The Labute approximate surface area is 157 Å². The smallest absolute Gasteiger partial charge is 0.294 e. The van der Waals surface area contributed by atoms with E-state index in [1.807, 2.05) is 0 Å². The van der Waals surface area contributed by atoms with E-state index in [4.69, 9.17) is 17.9 Å². The van der Waals surface area contributed by atoms with Crippen LogP contribution >= 0.6 is 0 Å². The maximum atomic E-state index is 11.2. The van der Waals surface area contributed by atoms with Crippen molar-refractivity contribution in [3.63, 3.8) is 0 Å². The zero-order valence-electron chi connectivity index (χ0n) is 13.7. The molecule has 28 heavy (non-hydrogen) atoms. The number of aromatic nitrogens is 2. The maximum Gasteiger partial charge on any atom is 0.294 e. The van der Waals surface area contributed by atoms with Crippen LogP contribution in [0.5, 0.6) is 0 Å². The second-order valence-corrected chi connectivity index (χ2v) is 8.49. The molecule has 4 rings (SSSR count). The molecule has 0 saturated heterocycles. The first kappa shape index (κ1) is 18.3. The molecule has 0 amide bonds. The van der Waals surface area contributed by atoms with Crippen LogP contribution in [0, 0.1) is 0 Å². The highest BCUT2D eigenvalue weighted by molar-refractivity contribution is 7.86. The van der Waals surface area contributed by atoms with Gasteiger partial charge in [-0.3, -0.25) is 9.11 Å². The first-order valence-corrected chi connectivity index (χ1v) is 10.4. The van der Waals surface area contributed by atoms with Crippen LogP contribution in [0.4, 0.5) is 0 Å². The van der Waals surface area contributed by atoms with Crippen molar-refractivity contribution in [2.45, 2.75) is 9.79 Å². The second-order valence-electron chi connectivity index (χ2n) is 5.65. The summed E-state index contributed by atoms with van der Waals surface area (Å²) in [4.78, 5) is 7.64. The van der Waals surface area contributed by atoms with Gasteiger partial charge in [0, 0.05) is 24.3 Å². The summed E-state index contributed by atoms with van der Waals surface area (Å²) in [5.41, 5.74) is 1.07. The Hall–Kier alpha value is -3.06. The van der Waals surface area contributed by atoms with E-state index in [1.165, 1.54) is 36.4 Å². The molecule has 0 aliphatic heterocycles. The van der Waals surface area contributed by atoms with E-state index in [2.05, 4.69) is 9.97 Å². The summed E-state index contributed by atoms with van der Waals surface area (Å²) < 4.78 is 73.6. The molecule has 0 saturated carbocycles. The minimum Gasteiger partial charge on any atom is -0.437 e. The number of nitrogens with zero attached hydrogens (tertiary/aromatic N) is 2. The Bertz CT molecular complexity index is 1350. The van der Waals surface area contributed by atoms with Crippen LogP contribution in [-0.2, 0) is 20.2 Å². The molecule has 10 nitrogen and oxygen atoms in total. The van der Waals surface area contributed by atoms with Gasteiger partial charge < -0.3 is 8.83 Å². The lowest BCUT2D eigenvalue weighted by Crippen LogP contribution is -1.96. The quantitative estimate of drug-likeness (QED) is 0.468. The lowest BCUT2D eigenvalue weighted by molar-refractivity contribution is 0.480. The Balaban J connectivity index is 1.67. The van der Waals surface area contributed by atoms with Crippen molar-refractivity contribution in [2.24, 2.45) is 0 Å². The van der Waals surface area contributed by atoms with Crippen LogP contribution in [0.25, 0.3) is 34.4 Å². The van der Waals surface area contributed by atoms with E-state index in [9.17, 15) is 16.8 Å². The summed E-state index contributed by atoms with van der Waals surface area (Å²) in [5.74, 6) is 0.256. The molecule has 0 aliphatic carbocycles. The van der Waals surface area contributed by atoms with E-state index < -0.39 is 20.2 Å². The molecule has 0 atom stereocenters. The summed E-state index contributed by atoms with van der Waals surface area (Å²) >= 11 is 0. The largest absolute Gasteiger partial charge is 0.437 e. The van der Waals surface area contributed by atoms with Crippen molar-refractivity contribution in [1.29, 1.82) is 0 Å². The number of benzene rings is 2. The molecule has 2 N–H and O–H groups in total. The lowest BCUT2D eigenvalue weighted by atomic mass is 10.3. The number of oxazole rings is 2. The van der Waals surface area contributed by atoms with Gasteiger partial charge in [-0.2, -0.15) is 16.8 Å². The van der Waals surface area contributed by atoms with Gasteiger partial charge in [-0.05, 0) is 24.3 Å². The van der Waals surface area contributed by atoms with Gasteiger partial charge in [-0.25, -0.2) is 9.97 Å². The zero-order valence-corrected chi connectivity index (χ0v) is 15.3. The molecule has 0 spiro atoms. The van der Waals surface area contributed by atoms with Crippen molar-refractivity contribution in [1.82, 2.24) is 9.97 Å². The van der Waals surface area contributed by atoms with Crippen molar-refractivity contribution < 1.29 is 34.8 Å². The molecule has 12 heteroatoms. The van der Waals surface area contributed by atoms with E-state index in [1.54, 1.807) is 0 Å². The highest BCUT2D eigenvalue weighted by atomic mass is 32.2. The monoisotopic (exact) mass is 422 g/mol. The van der Waals surface area contributed by atoms with Gasteiger partial charge in [0.25, 0.3) is 20.2 Å². The van der Waals surface area contributed by atoms with Crippen LogP contribution in [0.3, 0.4) is 0 Å². The molecular weight excluding hydrogens is 412 g/mol. The van der Waals surface area contributed by atoms with E-state index in [0.29, 0.717) is 11.0 Å². The summed E-state index contributed by atoms with van der Waals surface area (Å²) in [5, 5.41) is 0. The molecule has 2 heterocycles. The highest BCUT2D eigenvalue weighted by Crippen LogP contribution is 2.23. The molecule has 2 aromatic carbocycles. The van der Waals surface area contributed by atoms with Gasteiger partial charge in [0.05, 0.1) is 9.79 Å². The number of fused-ring (bicyclic) bond motifs is 2. The normalized spacial score (nSPS) is 13.1. The third-order valence-corrected chi connectivity index (χ3v) is 5.42. The number of hydrogen-bond acceptors (Lipinski definition) is 8. The third kappa shape index (κ3) is 3.53. The van der Waals surface area contributed by atoms with Crippen LogP contribution in [0.2, 0.25) is 0 Å². The summed E-state index contributed by atoms with van der Waals surface area (Å²) in [7, 11) is -8.72. The van der Waals surface area contributed by atoms with Gasteiger partial charge in [0.1, 0.15) is 11.0 Å². The molecule has 2 aromatic heterocycles. The Morgan fingerprint density at radius 1 is 0.714 bits per heavy atom. The second kappa shape index (κ2) is 6.24. The average molecular weight is 422 g/mol. The summed E-state index contributed by atoms with van der Waals surface area (Å²) in [6.07, 6.45) is 2.84. The van der Waals surface area contributed by atoms with Crippen molar-refractivity contribution in [3.8, 4) is 0 Å². The van der Waals surface area contributed by atoms with Gasteiger partial charge in [0.15, 0.2) is 11.2 Å². The Kier molecular flexibility index (Phi) is 4.08. The Morgan fingerprint density at radius 3 is 1.46 bits per heavy atom. The molecule has 0 aliphatic rings. The number of rotatable bonds is 4. The predicted octanol–water partition coefficient (Wildman–Crippen LogP) is 2.63. The van der Waals surface area contributed by atoms with Crippen LogP contribution in [0.1, 0.15) is 11.8 Å². The fourth-order valence-corrected chi connectivity index (χ4v) is 3.44. The first-order valence-electron chi connectivity index (χ1n) is 7.54. The van der Waals surface area contributed by atoms with E-state index in [-0.39, 0.29) is 32.7 Å². The fourth-order valence-electron chi connectivity index (χ4n) is 2.45. The first-order chi connectivity index (χ1) is 13.1. The standard InChI is InChI=1S/C16H10N2O8S2/c19-27(20,21)9-1-3-11-13(7-9)25-15(17-11)5-6-16-18-12-4-2-10(28(22,23)24)8-14(12)26-16/h1-8H,(H,19,20,21)(H,22,23,24)/b6-5+. The average Bonchev–Trinajstić information content (AvgIpc) is 3.19. The molecule has 4 aromatic rings. The molecule has 144 valence electrons. The van der Waals surface area contributed by atoms with Crippen molar-refractivity contribution in [2.75, 3.05) is 0 Å². The van der Waals surface area contributed by atoms with Crippen molar-refractivity contribution in [3.05, 3.63) is 48.2 Å². The van der Waals surface area contributed by atoms with Crippen LogP contribution in [-0.4, -0.2) is 35.9 Å². The third-order valence-electron chi connectivity index (χ3n) is 3.72. The minimum absolute atomic E-state index is 0.128. The molecule has 0 fully saturated rings. The van der Waals surface area contributed by atoms with Gasteiger partial charge in [-0.1, -0.05) is 0 Å². The molecule has 0 radical (unpaired) electrons. The highest BCUT2D eigenvalue weighted by Gasteiger charge is 2.14. The van der Waals surface area contributed by atoms with E-state index in [0.717, 1.165) is 12.1 Å². The molecular formula is C16H10N2O8S2. The lowest BCUT2D eigenvalue weighted by Gasteiger charge is -1.94. The Morgan fingerprint density at radius 2 is 1.11 bits per heavy atom. The topological polar surface area (TPSA) is 161 Å². The van der Waals surface area contributed by atoms with E-state index >= 15 is 0 Å². The molecule has 0 bridgehead atoms.